The van der Waals surface area contributed by atoms with Crippen LogP contribution in [0.4, 0.5) is 10.1 Å². The number of ether oxygens (including phenoxy) is 2. The van der Waals surface area contributed by atoms with Gasteiger partial charge >= 0.3 is 0 Å². The lowest BCUT2D eigenvalue weighted by atomic mass is 10.2. The van der Waals surface area contributed by atoms with Gasteiger partial charge in [-0.15, -0.1) is 0 Å². The standard InChI is InChI=1S/C13H8ClFN2O3/c14-12-11(15)8(3-4-16-12)13(18)17-7-1-2-9-10(5-7)20-6-19-9/h1-5H,6H2,(H,17,18). The molecular formula is C13H8ClFN2O3. The van der Waals surface area contributed by atoms with Gasteiger partial charge in [-0.2, -0.15) is 0 Å². The Labute approximate surface area is 118 Å². The van der Waals surface area contributed by atoms with E-state index >= 15 is 0 Å². The van der Waals surface area contributed by atoms with Crippen molar-refractivity contribution in [2.75, 3.05) is 12.1 Å². The molecule has 3 rings (SSSR count). The van der Waals surface area contributed by atoms with Gasteiger partial charge in [0.2, 0.25) is 6.79 Å². The number of carbonyl (C=O) groups is 1. The maximum absolute atomic E-state index is 13.7. The fourth-order valence-corrected chi connectivity index (χ4v) is 1.92. The molecule has 1 aromatic carbocycles. The van der Waals surface area contributed by atoms with E-state index in [0.29, 0.717) is 17.2 Å². The van der Waals surface area contributed by atoms with Gasteiger partial charge in [0, 0.05) is 18.0 Å². The van der Waals surface area contributed by atoms with E-state index in [1.54, 1.807) is 18.2 Å². The predicted molar refractivity (Wildman–Crippen MR) is 69.7 cm³/mol. The van der Waals surface area contributed by atoms with Crippen LogP contribution in [0.15, 0.2) is 30.5 Å². The molecule has 0 saturated heterocycles. The second-order valence-corrected chi connectivity index (χ2v) is 4.34. The Bertz CT molecular complexity index is 693. The zero-order chi connectivity index (χ0) is 14.1. The van der Waals surface area contributed by atoms with Crippen molar-refractivity contribution in [3.8, 4) is 11.5 Å². The first-order chi connectivity index (χ1) is 9.65. The maximum atomic E-state index is 13.7. The van der Waals surface area contributed by atoms with E-state index < -0.39 is 11.7 Å². The summed E-state index contributed by atoms with van der Waals surface area (Å²) in [6.45, 7) is 0.140. The maximum Gasteiger partial charge on any atom is 0.258 e. The van der Waals surface area contributed by atoms with Gasteiger partial charge in [0.15, 0.2) is 22.5 Å². The fraction of sp³-hybridized carbons (Fsp3) is 0.0769. The Morgan fingerprint density at radius 3 is 2.95 bits per heavy atom. The number of hydrogen-bond donors (Lipinski definition) is 1. The van der Waals surface area contributed by atoms with Crippen LogP contribution in [0.1, 0.15) is 10.4 Å². The summed E-state index contributed by atoms with van der Waals surface area (Å²) in [5.41, 5.74) is 0.286. The minimum atomic E-state index is -0.854. The Hall–Kier alpha value is -2.34. The lowest BCUT2D eigenvalue weighted by Gasteiger charge is -2.07. The van der Waals surface area contributed by atoms with Crippen LogP contribution in [-0.4, -0.2) is 17.7 Å². The van der Waals surface area contributed by atoms with Crippen molar-refractivity contribution < 1.29 is 18.7 Å². The minimum Gasteiger partial charge on any atom is -0.454 e. The van der Waals surface area contributed by atoms with Crippen molar-refractivity contribution in [3.63, 3.8) is 0 Å². The average Bonchev–Trinajstić information content (AvgIpc) is 2.89. The van der Waals surface area contributed by atoms with Gasteiger partial charge in [-0.25, -0.2) is 9.37 Å². The number of halogens is 2. The van der Waals surface area contributed by atoms with E-state index in [2.05, 4.69) is 10.3 Å². The highest BCUT2D eigenvalue weighted by molar-refractivity contribution is 6.30. The highest BCUT2D eigenvalue weighted by Gasteiger charge is 2.17. The summed E-state index contributed by atoms with van der Waals surface area (Å²) < 4.78 is 24.0. The summed E-state index contributed by atoms with van der Waals surface area (Å²) in [5, 5.41) is 2.21. The van der Waals surface area contributed by atoms with Crippen molar-refractivity contribution in [2.45, 2.75) is 0 Å². The van der Waals surface area contributed by atoms with Crippen molar-refractivity contribution in [1.29, 1.82) is 0 Å². The zero-order valence-electron chi connectivity index (χ0n) is 10.0. The number of carbonyl (C=O) groups excluding carboxylic acids is 1. The number of benzene rings is 1. The van der Waals surface area contributed by atoms with Gasteiger partial charge in [0.05, 0.1) is 5.56 Å². The molecule has 0 spiro atoms. The molecule has 0 bridgehead atoms. The normalized spacial score (nSPS) is 12.3. The second-order valence-electron chi connectivity index (χ2n) is 3.99. The molecule has 2 aromatic rings. The predicted octanol–water partition coefficient (Wildman–Crippen LogP) is 2.86. The van der Waals surface area contributed by atoms with E-state index in [9.17, 15) is 9.18 Å². The molecular weight excluding hydrogens is 287 g/mol. The molecule has 7 heteroatoms. The molecule has 0 aliphatic carbocycles. The molecule has 1 aromatic heterocycles. The molecule has 1 N–H and O–H groups in total. The Balaban J connectivity index is 1.84. The number of anilines is 1. The second kappa shape index (κ2) is 4.97. The Morgan fingerprint density at radius 1 is 1.30 bits per heavy atom. The smallest absolute Gasteiger partial charge is 0.258 e. The minimum absolute atomic E-state index is 0.140. The van der Waals surface area contributed by atoms with Gasteiger partial charge in [-0.3, -0.25) is 4.79 Å². The fourth-order valence-electron chi connectivity index (χ4n) is 1.77. The van der Waals surface area contributed by atoms with Crippen LogP contribution in [0.2, 0.25) is 5.15 Å². The van der Waals surface area contributed by atoms with Gasteiger partial charge < -0.3 is 14.8 Å². The van der Waals surface area contributed by atoms with Gasteiger partial charge in [-0.05, 0) is 18.2 Å². The highest BCUT2D eigenvalue weighted by Crippen LogP contribution is 2.34. The summed E-state index contributed by atoms with van der Waals surface area (Å²) in [6.07, 6.45) is 1.26. The molecule has 5 nitrogen and oxygen atoms in total. The van der Waals surface area contributed by atoms with Gasteiger partial charge in [0.25, 0.3) is 5.91 Å². The number of nitrogens with zero attached hydrogens (tertiary/aromatic N) is 1. The molecule has 1 aliphatic heterocycles. The number of pyridine rings is 1. The van der Waals surface area contributed by atoms with Crippen LogP contribution in [0, 0.1) is 5.82 Å². The van der Waals surface area contributed by atoms with Crippen molar-refractivity contribution in [3.05, 3.63) is 47.0 Å². The number of nitrogens with one attached hydrogen (secondary N) is 1. The molecule has 0 atom stereocenters. The Morgan fingerprint density at radius 2 is 2.10 bits per heavy atom. The quantitative estimate of drug-likeness (QED) is 0.865. The molecule has 2 heterocycles. The molecule has 0 saturated carbocycles. The number of hydrogen-bond acceptors (Lipinski definition) is 4. The first kappa shape index (κ1) is 12.7. The van der Waals surface area contributed by atoms with Crippen molar-refractivity contribution >= 4 is 23.2 Å². The zero-order valence-corrected chi connectivity index (χ0v) is 10.8. The summed E-state index contributed by atoms with van der Waals surface area (Å²) in [6, 6.07) is 6.14. The highest BCUT2D eigenvalue weighted by atomic mass is 35.5. The number of fused-ring (bicyclic) bond motifs is 1. The summed E-state index contributed by atoms with van der Waals surface area (Å²) in [7, 11) is 0. The van der Waals surface area contributed by atoms with E-state index in [4.69, 9.17) is 21.1 Å². The largest absolute Gasteiger partial charge is 0.454 e. The number of aromatic nitrogens is 1. The molecule has 20 heavy (non-hydrogen) atoms. The van der Waals surface area contributed by atoms with Crippen LogP contribution >= 0.6 is 11.6 Å². The van der Waals surface area contributed by atoms with Crippen LogP contribution in [-0.2, 0) is 0 Å². The number of rotatable bonds is 2. The molecule has 1 aliphatic rings. The summed E-state index contributed by atoms with van der Waals surface area (Å²) >= 11 is 5.53. The summed E-state index contributed by atoms with van der Waals surface area (Å²) in [5.74, 6) is -0.352. The third kappa shape index (κ3) is 2.25. The third-order valence-corrected chi connectivity index (χ3v) is 2.99. The van der Waals surface area contributed by atoms with E-state index in [-0.39, 0.29) is 17.5 Å². The first-order valence-corrected chi connectivity index (χ1v) is 6.04. The first-order valence-electron chi connectivity index (χ1n) is 5.66. The molecule has 0 unspecified atom stereocenters. The van der Waals surface area contributed by atoms with Crippen molar-refractivity contribution in [1.82, 2.24) is 4.98 Å². The van der Waals surface area contributed by atoms with Crippen LogP contribution in [0.3, 0.4) is 0 Å². The average molecular weight is 295 g/mol. The number of amides is 1. The molecule has 0 radical (unpaired) electrons. The summed E-state index contributed by atoms with van der Waals surface area (Å²) in [4.78, 5) is 15.5. The third-order valence-electron chi connectivity index (χ3n) is 2.72. The Kier molecular flexibility index (Phi) is 3.15. The lowest BCUT2D eigenvalue weighted by Crippen LogP contribution is -2.14. The molecule has 102 valence electrons. The van der Waals surface area contributed by atoms with Crippen molar-refractivity contribution in [2.24, 2.45) is 0 Å². The SMILES string of the molecule is O=C(Nc1ccc2c(c1)OCO2)c1ccnc(Cl)c1F. The lowest BCUT2D eigenvalue weighted by molar-refractivity contribution is 0.102. The van der Waals surface area contributed by atoms with Gasteiger partial charge in [0.1, 0.15) is 0 Å². The van der Waals surface area contributed by atoms with Gasteiger partial charge in [-0.1, -0.05) is 11.6 Å². The van der Waals surface area contributed by atoms with E-state index in [1.807, 2.05) is 0 Å². The van der Waals surface area contributed by atoms with Crippen LogP contribution < -0.4 is 14.8 Å². The van der Waals surface area contributed by atoms with Crippen LogP contribution in [0.25, 0.3) is 0 Å². The molecule has 1 amide bonds. The molecule has 0 fully saturated rings. The van der Waals surface area contributed by atoms with Crippen LogP contribution in [0.5, 0.6) is 11.5 Å². The van der Waals surface area contributed by atoms with E-state index in [0.717, 1.165) is 0 Å². The topological polar surface area (TPSA) is 60.5 Å². The monoisotopic (exact) mass is 294 g/mol. The van der Waals surface area contributed by atoms with E-state index in [1.165, 1.54) is 12.3 Å².